The molecule has 0 aliphatic heterocycles. The number of rotatable bonds is 7. The van der Waals surface area contributed by atoms with Crippen LogP contribution in [0.3, 0.4) is 0 Å². The summed E-state index contributed by atoms with van der Waals surface area (Å²) in [6, 6.07) is 9.60. The molecule has 1 aromatic rings. The predicted octanol–water partition coefficient (Wildman–Crippen LogP) is 2.64. The Morgan fingerprint density at radius 2 is 1.95 bits per heavy atom. The highest BCUT2D eigenvalue weighted by atomic mass is 16.4. The highest BCUT2D eigenvalue weighted by molar-refractivity contribution is 5.74. The zero-order valence-corrected chi connectivity index (χ0v) is 12.0. The Morgan fingerprint density at radius 1 is 1.30 bits per heavy atom. The van der Waals surface area contributed by atoms with Gasteiger partial charge in [-0.05, 0) is 18.4 Å². The molecule has 2 amide bonds. The fraction of sp³-hybridized carbons (Fsp3) is 0.467. The molecule has 0 radical (unpaired) electrons. The summed E-state index contributed by atoms with van der Waals surface area (Å²) in [4.78, 5) is 24.0. The monoisotopic (exact) mass is 278 g/mol. The number of aliphatic carboxylic acids is 1. The van der Waals surface area contributed by atoms with Crippen LogP contribution in [0.1, 0.15) is 37.8 Å². The molecule has 1 atom stereocenters. The molecule has 0 aromatic heterocycles. The molecule has 1 rings (SSSR count). The Kier molecular flexibility index (Phi) is 6.56. The molecule has 0 saturated heterocycles. The zero-order valence-electron chi connectivity index (χ0n) is 12.0. The standard InChI is InChI=1S/C15H22N2O3/c1-3-13(12-8-5-4-6-9-12)16-15(20)17(2)11-7-10-14(18)19/h4-6,8-9,13H,3,7,10-11H2,1-2H3,(H,16,20)(H,18,19). The summed E-state index contributed by atoms with van der Waals surface area (Å²) >= 11 is 0. The minimum Gasteiger partial charge on any atom is -0.481 e. The van der Waals surface area contributed by atoms with Crippen LogP contribution in [0.2, 0.25) is 0 Å². The molecule has 0 aliphatic rings. The predicted molar refractivity (Wildman–Crippen MR) is 77.5 cm³/mol. The Bertz CT molecular complexity index is 434. The first kappa shape index (κ1) is 16.0. The first-order chi connectivity index (χ1) is 9.54. The molecule has 1 unspecified atom stereocenters. The molecule has 110 valence electrons. The number of amides is 2. The van der Waals surface area contributed by atoms with Crippen LogP contribution in [0.4, 0.5) is 4.79 Å². The molecule has 2 N–H and O–H groups in total. The lowest BCUT2D eigenvalue weighted by molar-refractivity contribution is -0.137. The Balaban J connectivity index is 2.48. The molecule has 0 aliphatic carbocycles. The first-order valence-corrected chi connectivity index (χ1v) is 6.83. The van der Waals surface area contributed by atoms with Crippen LogP contribution >= 0.6 is 0 Å². The lowest BCUT2D eigenvalue weighted by atomic mass is 10.1. The molecular formula is C15H22N2O3. The van der Waals surface area contributed by atoms with E-state index in [-0.39, 0.29) is 18.5 Å². The van der Waals surface area contributed by atoms with Gasteiger partial charge < -0.3 is 15.3 Å². The average molecular weight is 278 g/mol. The SMILES string of the molecule is CCC(NC(=O)N(C)CCCC(=O)O)c1ccccc1. The lowest BCUT2D eigenvalue weighted by Crippen LogP contribution is -2.39. The van der Waals surface area contributed by atoms with Crippen molar-refractivity contribution in [3.05, 3.63) is 35.9 Å². The van der Waals surface area contributed by atoms with Crippen LogP contribution in [0.25, 0.3) is 0 Å². The lowest BCUT2D eigenvalue weighted by Gasteiger charge is -2.23. The number of carboxylic acid groups (broad SMARTS) is 1. The van der Waals surface area contributed by atoms with E-state index in [1.807, 2.05) is 37.3 Å². The van der Waals surface area contributed by atoms with Crippen molar-refractivity contribution in [1.29, 1.82) is 0 Å². The highest BCUT2D eigenvalue weighted by Crippen LogP contribution is 2.16. The summed E-state index contributed by atoms with van der Waals surface area (Å²) in [7, 11) is 1.68. The number of nitrogens with zero attached hydrogens (tertiary/aromatic N) is 1. The van der Waals surface area contributed by atoms with E-state index >= 15 is 0 Å². The molecule has 5 heteroatoms. The summed E-state index contributed by atoms with van der Waals surface area (Å²) in [5.74, 6) is -0.838. The number of carboxylic acids is 1. The number of carbonyl (C=O) groups excluding carboxylic acids is 1. The van der Waals surface area contributed by atoms with E-state index < -0.39 is 5.97 Å². The van der Waals surface area contributed by atoms with E-state index in [0.717, 1.165) is 12.0 Å². The minimum atomic E-state index is -0.838. The largest absolute Gasteiger partial charge is 0.481 e. The second kappa shape index (κ2) is 8.19. The van der Waals surface area contributed by atoms with Crippen molar-refractivity contribution in [2.75, 3.05) is 13.6 Å². The number of hydrogen-bond acceptors (Lipinski definition) is 2. The maximum Gasteiger partial charge on any atom is 0.317 e. The Hall–Kier alpha value is -2.04. The van der Waals surface area contributed by atoms with Crippen molar-refractivity contribution in [1.82, 2.24) is 10.2 Å². The van der Waals surface area contributed by atoms with Gasteiger partial charge in [0.15, 0.2) is 0 Å². The quantitative estimate of drug-likeness (QED) is 0.805. The van der Waals surface area contributed by atoms with E-state index in [2.05, 4.69) is 5.32 Å². The van der Waals surface area contributed by atoms with Crippen LogP contribution in [-0.4, -0.2) is 35.6 Å². The van der Waals surface area contributed by atoms with E-state index in [9.17, 15) is 9.59 Å². The summed E-state index contributed by atoms with van der Waals surface area (Å²) < 4.78 is 0. The van der Waals surface area contributed by atoms with Crippen LogP contribution in [0, 0.1) is 0 Å². The molecule has 0 heterocycles. The van der Waals surface area contributed by atoms with Crippen LogP contribution in [-0.2, 0) is 4.79 Å². The summed E-state index contributed by atoms with van der Waals surface area (Å²) in [5.41, 5.74) is 1.07. The van der Waals surface area contributed by atoms with E-state index in [1.165, 1.54) is 4.90 Å². The maximum atomic E-state index is 12.0. The third-order valence-corrected chi connectivity index (χ3v) is 3.14. The molecule has 0 saturated carbocycles. The summed E-state index contributed by atoms with van der Waals surface area (Å²) in [6.07, 6.45) is 1.34. The van der Waals surface area contributed by atoms with E-state index in [0.29, 0.717) is 13.0 Å². The number of carbonyl (C=O) groups is 2. The average Bonchev–Trinajstić information content (AvgIpc) is 2.44. The molecule has 20 heavy (non-hydrogen) atoms. The van der Waals surface area contributed by atoms with Crippen molar-refractivity contribution >= 4 is 12.0 Å². The van der Waals surface area contributed by atoms with Crippen LogP contribution in [0.5, 0.6) is 0 Å². The van der Waals surface area contributed by atoms with Crippen LogP contribution in [0.15, 0.2) is 30.3 Å². The van der Waals surface area contributed by atoms with Gasteiger partial charge in [0.1, 0.15) is 0 Å². The second-order valence-corrected chi connectivity index (χ2v) is 4.74. The molecule has 0 fully saturated rings. The third kappa shape index (κ3) is 5.30. The van der Waals surface area contributed by atoms with Crippen molar-refractivity contribution in [2.45, 2.75) is 32.2 Å². The Morgan fingerprint density at radius 3 is 2.50 bits per heavy atom. The molecule has 5 nitrogen and oxygen atoms in total. The van der Waals surface area contributed by atoms with Gasteiger partial charge in [0, 0.05) is 20.0 Å². The zero-order chi connectivity index (χ0) is 15.0. The van der Waals surface area contributed by atoms with Gasteiger partial charge in [0.25, 0.3) is 0 Å². The van der Waals surface area contributed by atoms with Crippen molar-refractivity contribution in [2.24, 2.45) is 0 Å². The van der Waals surface area contributed by atoms with Gasteiger partial charge in [0.05, 0.1) is 6.04 Å². The molecule has 1 aromatic carbocycles. The van der Waals surface area contributed by atoms with Crippen LogP contribution < -0.4 is 5.32 Å². The summed E-state index contributed by atoms with van der Waals surface area (Å²) in [6.45, 7) is 2.45. The fourth-order valence-electron chi connectivity index (χ4n) is 1.93. The number of nitrogens with one attached hydrogen (secondary N) is 1. The van der Waals surface area contributed by atoms with Gasteiger partial charge >= 0.3 is 12.0 Å². The van der Waals surface area contributed by atoms with Crippen molar-refractivity contribution < 1.29 is 14.7 Å². The molecular weight excluding hydrogens is 256 g/mol. The smallest absolute Gasteiger partial charge is 0.317 e. The van der Waals surface area contributed by atoms with Gasteiger partial charge in [-0.25, -0.2) is 4.79 Å². The second-order valence-electron chi connectivity index (χ2n) is 4.74. The van der Waals surface area contributed by atoms with Crippen molar-refractivity contribution in [3.8, 4) is 0 Å². The normalized spacial score (nSPS) is 11.7. The van der Waals surface area contributed by atoms with Gasteiger partial charge in [0.2, 0.25) is 0 Å². The third-order valence-electron chi connectivity index (χ3n) is 3.14. The van der Waals surface area contributed by atoms with E-state index in [1.54, 1.807) is 7.05 Å². The van der Waals surface area contributed by atoms with Gasteiger partial charge in [-0.3, -0.25) is 4.79 Å². The molecule has 0 spiro atoms. The minimum absolute atomic E-state index is 0.0226. The topological polar surface area (TPSA) is 69.6 Å². The van der Waals surface area contributed by atoms with Crippen molar-refractivity contribution in [3.63, 3.8) is 0 Å². The number of hydrogen-bond donors (Lipinski definition) is 2. The number of benzene rings is 1. The fourth-order valence-corrected chi connectivity index (χ4v) is 1.93. The van der Waals surface area contributed by atoms with Gasteiger partial charge in [-0.1, -0.05) is 37.3 Å². The van der Waals surface area contributed by atoms with Gasteiger partial charge in [-0.15, -0.1) is 0 Å². The summed E-state index contributed by atoms with van der Waals surface area (Å²) in [5, 5.41) is 11.5. The number of urea groups is 1. The molecule has 0 bridgehead atoms. The van der Waals surface area contributed by atoms with E-state index in [4.69, 9.17) is 5.11 Å². The Labute approximate surface area is 119 Å². The maximum absolute atomic E-state index is 12.0. The van der Waals surface area contributed by atoms with Gasteiger partial charge in [-0.2, -0.15) is 0 Å². The first-order valence-electron chi connectivity index (χ1n) is 6.83. The highest BCUT2D eigenvalue weighted by Gasteiger charge is 2.15.